The Labute approximate surface area is 184 Å². The van der Waals surface area contributed by atoms with Crippen LogP contribution < -0.4 is 10.9 Å². The van der Waals surface area contributed by atoms with E-state index in [-0.39, 0.29) is 11.5 Å². The first-order valence-corrected chi connectivity index (χ1v) is 11.6. The van der Waals surface area contributed by atoms with Crippen LogP contribution in [0.5, 0.6) is 0 Å². The van der Waals surface area contributed by atoms with Crippen molar-refractivity contribution in [3.05, 3.63) is 34.6 Å². The van der Waals surface area contributed by atoms with Gasteiger partial charge in [0.1, 0.15) is 5.54 Å². The molecule has 1 atom stereocenters. The summed E-state index contributed by atoms with van der Waals surface area (Å²) in [6, 6.07) is 9.70. The normalized spacial score (nSPS) is 16.8. The molecule has 4 rings (SSSR count). The molecule has 1 unspecified atom stereocenters. The van der Waals surface area contributed by atoms with Crippen LogP contribution in [0.1, 0.15) is 52.4 Å². The SMILES string of the molecule is CCCn1c(=O)c2ccccc2n2c(SC(C)C(=O)NC3(C#N)CCCCC3)nnc12. The molecule has 1 amide bonds. The lowest BCUT2D eigenvalue weighted by Crippen LogP contribution is -2.50. The maximum absolute atomic E-state index is 12.9. The number of thioether (sulfide) groups is 1. The van der Waals surface area contributed by atoms with Crippen molar-refractivity contribution < 1.29 is 4.79 Å². The minimum atomic E-state index is -0.772. The van der Waals surface area contributed by atoms with Crippen LogP contribution in [0.15, 0.2) is 34.2 Å². The van der Waals surface area contributed by atoms with Crippen molar-refractivity contribution >= 4 is 34.3 Å². The summed E-state index contributed by atoms with van der Waals surface area (Å²) in [5.41, 5.74) is -0.144. The van der Waals surface area contributed by atoms with Crippen LogP contribution in [0, 0.1) is 11.3 Å². The molecule has 1 fully saturated rings. The van der Waals surface area contributed by atoms with Gasteiger partial charge in [0.05, 0.1) is 22.2 Å². The average Bonchev–Trinajstić information content (AvgIpc) is 3.20. The van der Waals surface area contributed by atoms with Crippen LogP contribution in [-0.2, 0) is 11.3 Å². The van der Waals surface area contributed by atoms with Gasteiger partial charge in [-0.3, -0.25) is 18.6 Å². The Morgan fingerprint density at radius 1 is 1.29 bits per heavy atom. The van der Waals surface area contributed by atoms with Gasteiger partial charge in [0, 0.05) is 6.54 Å². The maximum Gasteiger partial charge on any atom is 0.262 e. The molecule has 0 saturated heterocycles. The number of benzene rings is 1. The van der Waals surface area contributed by atoms with E-state index in [0.717, 1.165) is 31.2 Å². The summed E-state index contributed by atoms with van der Waals surface area (Å²) in [6.07, 6.45) is 5.17. The summed E-state index contributed by atoms with van der Waals surface area (Å²) >= 11 is 1.29. The van der Waals surface area contributed by atoms with Crippen LogP contribution in [0.4, 0.5) is 0 Å². The van der Waals surface area contributed by atoms with E-state index in [1.165, 1.54) is 11.8 Å². The van der Waals surface area contributed by atoms with Crippen molar-refractivity contribution in [1.82, 2.24) is 24.5 Å². The van der Waals surface area contributed by atoms with Gasteiger partial charge in [-0.15, -0.1) is 10.2 Å². The first-order chi connectivity index (χ1) is 15.0. The first-order valence-electron chi connectivity index (χ1n) is 10.8. The minimum Gasteiger partial charge on any atom is -0.337 e. The van der Waals surface area contributed by atoms with Gasteiger partial charge in [-0.25, -0.2) is 0 Å². The maximum atomic E-state index is 12.9. The summed E-state index contributed by atoms with van der Waals surface area (Å²) in [7, 11) is 0. The van der Waals surface area contributed by atoms with E-state index in [2.05, 4.69) is 21.6 Å². The molecular weight excluding hydrogens is 412 g/mol. The van der Waals surface area contributed by atoms with Crippen LogP contribution in [0.3, 0.4) is 0 Å². The highest BCUT2D eigenvalue weighted by molar-refractivity contribution is 8.00. The fourth-order valence-corrected chi connectivity index (χ4v) is 5.06. The van der Waals surface area contributed by atoms with Gasteiger partial charge >= 0.3 is 0 Å². The molecule has 1 aliphatic rings. The number of para-hydroxylation sites is 1. The van der Waals surface area contributed by atoms with E-state index in [4.69, 9.17) is 0 Å². The average molecular weight is 439 g/mol. The number of aromatic nitrogens is 4. The van der Waals surface area contributed by atoms with Gasteiger partial charge in [0.2, 0.25) is 11.7 Å². The van der Waals surface area contributed by atoms with Crippen molar-refractivity contribution in [2.45, 2.75) is 74.9 Å². The molecule has 1 aliphatic carbocycles. The van der Waals surface area contributed by atoms with Crippen LogP contribution in [-0.4, -0.2) is 35.9 Å². The van der Waals surface area contributed by atoms with Crippen molar-refractivity contribution in [3.8, 4) is 6.07 Å². The summed E-state index contributed by atoms with van der Waals surface area (Å²) in [5, 5.41) is 21.9. The highest BCUT2D eigenvalue weighted by Crippen LogP contribution is 2.30. The Balaban J connectivity index is 1.68. The van der Waals surface area contributed by atoms with E-state index in [1.54, 1.807) is 17.6 Å². The molecule has 31 heavy (non-hydrogen) atoms. The largest absolute Gasteiger partial charge is 0.337 e. The van der Waals surface area contributed by atoms with Crippen molar-refractivity contribution in [2.24, 2.45) is 0 Å². The van der Waals surface area contributed by atoms with Gasteiger partial charge in [0.25, 0.3) is 5.56 Å². The van der Waals surface area contributed by atoms with E-state index in [1.807, 2.05) is 29.5 Å². The Morgan fingerprint density at radius 2 is 2.03 bits per heavy atom. The molecule has 2 heterocycles. The van der Waals surface area contributed by atoms with Crippen molar-refractivity contribution in [2.75, 3.05) is 0 Å². The lowest BCUT2D eigenvalue weighted by molar-refractivity contribution is -0.121. The van der Waals surface area contributed by atoms with E-state index >= 15 is 0 Å². The third-order valence-corrected chi connectivity index (χ3v) is 6.90. The fourth-order valence-electron chi connectivity index (χ4n) is 4.20. The molecule has 9 heteroatoms. The molecule has 1 N–H and O–H groups in total. The molecule has 162 valence electrons. The quantitative estimate of drug-likeness (QED) is 0.592. The van der Waals surface area contributed by atoms with Gasteiger partial charge in [0.15, 0.2) is 5.16 Å². The third kappa shape index (κ3) is 3.92. The second kappa shape index (κ2) is 8.71. The van der Waals surface area contributed by atoms with Gasteiger partial charge in [-0.05, 0) is 38.3 Å². The highest BCUT2D eigenvalue weighted by Gasteiger charge is 2.35. The van der Waals surface area contributed by atoms with Crippen LogP contribution in [0.2, 0.25) is 0 Å². The number of nitrogens with zero attached hydrogens (tertiary/aromatic N) is 5. The van der Waals surface area contributed by atoms with E-state index < -0.39 is 10.8 Å². The van der Waals surface area contributed by atoms with Crippen LogP contribution >= 0.6 is 11.8 Å². The second-order valence-electron chi connectivity index (χ2n) is 8.10. The number of rotatable bonds is 6. The molecule has 1 saturated carbocycles. The molecule has 0 spiro atoms. The number of aryl methyl sites for hydroxylation is 1. The summed E-state index contributed by atoms with van der Waals surface area (Å²) in [5.74, 6) is 0.290. The predicted molar refractivity (Wildman–Crippen MR) is 120 cm³/mol. The first kappa shape index (κ1) is 21.4. The van der Waals surface area contributed by atoms with Gasteiger partial charge < -0.3 is 5.32 Å². The Hall–Kier alpha value is -2.86. The zero-order chi connectivity index (χ0) is 22.0. The topological polar surface area (TPSA) is 105 Å². The predicted octanol–water partition coefficient (Wildman–Crippen LogP) is 3.28. The molecule has 0 aliphatic heterocycles. The summed E-state index contributed by atoms with van der Waals surface area (Å²) in [4.78, 5) is 25.9. The molecule has 0 bridgehead atoms. The number of amides is 1. The zero-order valence-corrected chi connectivity index (χ0v) is 18.6. The number of hydrogen-bond donors (Lipinski definition) is 1. The lowest BCUT2D eigenvalue weighted by Gasteiger charge is -2.32. The monoisotopic (exact) mass is 438 g/mol. The Morgan fingerprint density at radius 3 is 2.74 bits per heavy atom. The highest BCUT2D eigenvalue weighted by atomic mass is 32.2. The van der Waals surface area contributed by atoms with Crippen LogP contribution in [0.25, 0.3) is 16.7 Å². The number of fused-ring (bicyclic) bond motifs is 3. The fraction of sp³-hybridized carbons (Fsp3) is 0.500. The molecule has 1 aromatic carbocycles. The standard InChI is InChI=1S/C22H26N6O2S/c1-3-13-27-19(30)16-9-5-6-10-17(16)28-20(27)25-26-21(28)31-15(2)18(29)24-22(14-23)11-7-4-8-12-22/h5-6,9-10,15H,3-4,7-8,11-13H2,1-2H3,(H,24,29). The Kier molecular flexibility index (Phi) is 6.01. The molecule has 3 aromatic rings. The Bertz CT molecular complexity index is 1220. The summed E-state index contributed by atoms with van der Waals surface area (Å²) < 4.78 is 3.48. The molecule has 2 aromatic heterocycles. The third-order valence-electron chi connectivity index (χ3n) is 5.86. The number of carbonyl (C=O) groups excluding carboxylic acids is 1. The van der Waals surface area contributed by atoms with Gasteiger partial charge in [-0.1, -0.05) is 50.1 Å². The lowest BCUT2D eigenvalue weighted by atomic mass is 9.83. The molecule has 0 radical (unpaired) electrons. The minimum absolute atomic E-state index is 0.0899. The van der Waals surface area contributed by atoms with E-state index in [9.17, 15) is 14.9 Å². The van der Waals surface area contributed by atoms with Crippen molar-refractivity contribution in [1.29, 1.82) is 5.26 Å². The molecule has 8 nitrogen and oxygen atoms in total. The number of nitriles is 1. The second-order valence-corrected chi connectivity index (χ2v) is 9.40. The van der Waals surface area contributed by atoms with E-state index in [0.29, 0.717) is 35.7 Å². The summed E-state index contributed by atoms with van der Waals surface area (Å²) in [6.45, 7) is 4.35. The van der Waals surface area contributed by atoms with Crippen molar-refractivity contribution in [3.63, 3.8) is 0 Å². The number of carbonyl (C=O) groups is 1. The number of hydrogen-bond acceptors (Lipinski definition) is 6. The zero-order valence-electron chi connectivity index (χ0n) is 17.8. The smallest absolute Gasteiger partial charge is 0.262 e. The number of nitrogens with one attached hydrogen (secondary N) is 1. The van der Waals surface area contributed by atoms with Gasteiger partial charge in [-0.2, -0.15) is 5.26 Å². The molecular formula is C22H26N6O2S.